The zero-order valence-electron chi connectivity index (χ0n) is 7.87. The maximum atomic E-state index is 11.2. The number of hydrogen-bond acceptors (Lipinski definition) is 3. The molecule has 1 aromatic rings. The van der Waals surface area contributed by atoms with E-state index in [1.807, 2.05) is 25.1 Å². The highest BCUT2D eigenvalue weighted by Crippen LogP contribution is 2.23. The molecular weight excluding hydrogens is 164 g/mol. The molecule has 13 heavy (non-hydrogen) atoms. The molecule has 0 aliphatic carbocycles. The summed E-state index contributed by atoms with van der Waals surface area (Å²) in [6.07, 6.45) is 2.30. The van der Waals surface area contributed by atoms with Crippen LogP contribution in [-0.4, -0.2) is 24.4 Å². The fourth-order valence-electron chi connectivity index (χ4n) is 1.64. The van der Waals surface area contributed by atoms with Gasteiger partial charge in [-0.3, -0.25) is 9.78 Å². The Balaban J connectivity index is 2.49. The number of anilines is 1. The van der Waals surface area contributed by atoms with Crippen molar-refractivity contribution >= 4 is 11.5 Å². The van der Waals surface area contributed by atoms with Crippen LogP contribution in [0.2, 0.25) is 0 Å². The van der Waals surface area contributed by atoms with Crippen LogP contribution in [-0.2, 0) is 11.2 Å². The fraction of sp³-hybridized carbons (Fsp3) is 0.400. The molecule has 0 fully saturated rings. The molecule has 68 valence electrons. The minimum Gasteiger partial charge on any atom is -0.366 e. The summed E-state index contributed by atoms with van der Waals surface area (Å²) in [5, 5.41) is 0. The van der Waals surface area contributed by atoms with E-state index in [1.54, 1.807) is 0 Å². The first-order valence-electron chi connectivity index (χ1n) is 4.35. The first kappa shape index (κ1) is 8.23. The minimum atomic E-state index is 0.242. The van der Waals surface area contributed by atoms with Crippen LogP contribution < -0.4 is 4.90 Å². The van der Waals surface area contributed by atoms with Crippen molar-refractivity contribution < 1.29 is 4.79 Å². The third kappa shape index (κ3) is 1.41. The molecule has 0 unspecified atom stereocenters. The Hall–Kier alpha value is -1.38. The zero-order valence-corrected chi connectivity index (χ0v) is 7.87. The number of nitrogens with zero attached hydrogens (tertiary/aromatic N) is 2. The molecule has 1 aromatic heterocycles. The SMILES string of the molecule is Cc1cnc2c(c1)N(C)CC(=O)C2. The number of carbonyl (C=O) groups is 1. The van der Waals surface area contributed by atoms with E-state index in [-0.39, 0.29) is 5.78 Å². The molecule has 3 heteroatoms. The second-order valence-corrected chi connectivity index (χ2v) is 3.55. The number of ketones is 1. The van der Waals surface area contributed by atoms with Gasteiger partial charge in [0.15, 0.2) is 5.78 Å². The van der Waals surface area contributed by atoms with Crippen LogP contribution in [0.15, 0.2) is 12.3 Å². The van der Waals surface area contributed by atoms with Gasteiger partial charge in [0.05, 0.1) is 24.3 Å². The Bertz CT molecular complexity index is 360. The number of pyridine rings is 1. The Morgan fingerprint density at radius 2 is 2.31 bits per heavy atom. The Kier molecular flexibility index (Phi) is 1.79. The fourth-order valence-corrected chi connectivity index (χ4v) is 1.64. The van der Waals surface area contributed by atoms with Crippen molar-refractivity contribution in [3.63, 3.8) is 0 Å². The average molecular weight is 176 g/mol. The average Bonchev–Trinajstić information content (AvgIpc) is 2.06. The second kappa shape index (κ2) is 2.83. The lowest BCUT2D eigenvalue weighted by atomic mass is 10.1. The zero-order chi connectivity index (χ0) is 9.42. The summed E-state index contributed by atoms with van der Waals surface area (Å²) in [6.45, 7) is 2.52. The lowest BCUT2D eigenvalue weighted by Gasteiger charge is -2.25. The third-order valence-electron chi connectivity index (χ3n) is 2.27. The molecule has 0 N–H and O–H groups in total. The predicted octanol–water partition coefficient (Wildman–Crippen LogP) is 0.951. The molecule has 2 rings (SSSR count). The summed E-state index contributed by atoms with van der Waals surface area (Å²) in [7, 11) is 1.93. The van der Waals surface area contributed by atoms with Gasteiger partial charge in [0, 0.05) is 13.2 Å². The van der Waals surface area contributed by atoms with Gasteiger partial charge in [0.25, 0.3) is 0 Å². The van der Waals surface area contributed by atoms with Crippen LogP contribution in [0.1, 0.15) is 11.3 Å². The van der Waals surface area contributed by atoms with Crippen molar-refractivity contribution in [1.29, 1.82) is 0 Å². The summed E-state index contributed by atoms with van der Waals surface area (Å²) in [5.74, 6) is 0.242. The van der Waals surface area contributed by atoms with E-state index in [0.717, 1.165) is 16.9 Å². The first-order valence-corrected chi connectivity index (χ1v) is 4.35. The van der Waals surface area contributed by atoms with Gasteiger partial charge in [-0.05, 0) is 18.6 Å². The van der Waals surface area contributed by atoms with E-state index >= 15 is 0 Å². The van der Waals surface area contributed by atoms with Crippen molar-refractivity contribution in [2.75, 3.05) is 18.5 Å². The molecule has 1 aliphatic heterocycles. The number of hydrogen-bond donors (Lipinski definition) is 0. The van der Waals surface area contributed by atoms with Gasteiger partial charge in [-0.15, -0.1) is 0 Å². The Labute approximate surface area is 77.4 Å². The van der Waals surface area contributed by atoms with Crippen molar-refractivity contribution in [1.82, 2.24) is 4.98 Å². The molecule has 0 spiro atoms. The largest absolute Gasteiger partial charge is 0.366 e. The molecule has 3 nitrogen and oxygen atoms in total. The molecule has 0 saturated carbocycles. The van der Waals surface area contributed by atoms with Gasteiger partial charge in [-0.1, -0.05) is 0 Å². The predicted molar refractivity (Wildman–Crippen MR) is 51.0 cm³/mol. The lowest BCUT2D eigenvalue weighted by molar-refractivity contribution is -0.117. The topological polar surface area (TPSA) is 33.2 Å². The van der Waals surface area contributed by atoms with E-state index in [9.17, 15) is 4.79 Å². The lowest BCUT2D eigenvalue weighted by Crippen LogP contribution is -2.32. The molecule has 2 heterocycles. The molecule has 0 radical (unpaired) electrons. The van der Waals surface area contributed by atoms with Crippen LogP contribution >= 0.6 is 0 Å². The Morgan fingerprint density at radius 3 is 3.08 bits per heavy atom. The number of likely N-dealkylation sites (N-methyl/N-ethyl adjacent to an activating group) is 1. The molecule has 0 bridgehead atoms. The minimum absolute atomic E-state index is 0.242. The first-order chi connectivity index (χ1) is 6.16. The number of Topliss-reactive ketones (excluding diaryl/α,β-unsaturated/α-hetero) is 1. The number of aryl methyl sites for hydroxylation is 1. The quantitative estimate of drug-likeness (QED) is 0.590. The highest BCUT2D eigenvalue weighted by molar-refractivity contribution is 5.89. The van der Waals surface area contributed by atoms with Crippen LogP contribution in [0, 0.1) is 6.92 Å². The smallest absolute Gasteiger partial charge is 0.158 e. The van der Waals surface area contributed by atoms with Gasteiger partial charge >= 0.3 is 0 Å². The van der Waals surface area contributed by atoms with Crippen LogP contribution in [0.25, 0.3) is 0 Å². The number of rotatable bonds is 0. The second-order valence-electron chi connectivity index (χ2n) is 3.55. The maximum Gasteiger partial charge on any atom is 0.158 e. The van der Waals surface area contributed by atoms with E-state index in [1.165, 1.54) is 0 Å². The molecule has 0 saturated heterocycles. The normalized spacial score (nSPS) is 15.8. The summed E-state index contributed by atoms with van der Waals surface area (Å²) in [6, 6.07) is 2.08. The van der Waals surface area contributed by atoms with Crippen molar-refractivity contribution in [2.45, 2.75) is 13.3 Å². The maximum absolute atomic E-state index is 11.2. The summed E-state index contributed by atoms with van der Waals surface area (Å²) >= 11 is 0. The van der Waals surface area contributed by atoms with Crippen LogP contribution in [0.3, 0.4) is 0 Å². The van der Waals surface area contributed by atoms with Gasteiger partial charge in [0.2, 0.25) is 0 Å². The van der Waals surface area contributed by atoms with Gasteiger partial charge in [-0.25, -0.2) is 0 Å². The van der Waals surface area contributed by atoms with E-state index in [2.05, 4.69) is 11.1 Å². The number of carbonyl (C=O) groups excluding carboxylic acids is 1. The molecule has 1 aliphatic rings. The summed E-state index contributed by atoms with van der Waals surface area (Å²) in [5.41, 5.74) is 3.14. The molecular formula is C10H12N2O. The van der Waals surface area contributed by atoms with E-state index in [4.69, 9.17) is 0 Å². The summed E-state index contributed by atoms with van der Waals surface area (Å²) in [4.78, 5) is 17.5. The highest BCUT2D eigenvalue weighted by atomic mass is 16.1. The van der Waals surface area contributed by atoms with Gasteiger partial charge in [0.1, 0.15) is 0 Å². The van der Waals surface area contributed by atoms with E-state index < -0.39 is 0 Å². The van der Waals surface area contributed by atoms with Crippen molar-refractivity contribution in [2.24, 2.45) is 0 Å². The number of fused-ring (bicyclic) bond motifs is 1. The molecule has 0 atom stereocenters. The van der Waals surface area contributed by atoms with E-state index in [0.29, 0.717) is 13.0 Å². The standard InChI is InChI=1S/C10H12N2O/c1-7-3-10-9(11-5-7)4-8(13)6-12(10)2/h3,5H,4,6H2,1-2H3. The van der Waals surface area contributed by atoms with Crippen LogP contribution in [0.4, 0.5) is 5.69 Å². The molecule has 0 aromatic carbocycles. The van der Waals surface area contributed by atoms with Gasteiger partial charge in [-0.2, -0.15) is 0 Å². The monoisotopic (exact) mass is 176 g/mol. The van der Waals surface area contributed by atoms with Crippen molar-refractivity contribution in [3.05, 3.63) is 23.5 Å². The Morgan fingerprint density at radius 1 is 1.54 bits per heavy atom. The van der Waals surface area contributed by atoms with Crippen molar-refractivity contribution in [3.8, 4) is 0 Å². The molecule has 0 amide bonds. The highest BCUT2D eigenvalue weighted by Gasteiger charge is 2.20. The third-order valence-corrected chi connectivity index (χ3v) is 2.27. The van der Waals surface area contributed by atoms with Gasteiger partial charge < -0.3 is 4.90 Å². The number of aromatic nitrogens is 1. The summed E-state index contributed by atoms with van der Waals surface area (Å²) < 4.78 is 0. The van der Waals surface area contributed by atoms with Crippen LogP contribution in [0.5, 0.6) is 0 Å².